The van der Waals surface area contributed by atoms with Crippen molar-refractivity contribution in [3.8, 4) is 45.1 Å². The van der Waals surface area contributed by atoms with Gasteiger partial charge in [0.05, 0.1) is 11.1 Å². The lowest BCUT2D eigenvalue weighted by molar-refractivity contribution is -0.573. The summed E-state index contributed by atoms with van der Waals surface area (Å²) in [5, 5.41) is 0. The third-order valence-corrected chi connectivity index (χ3v) is 7.85. The van der Waals surface area contributed by atoms with Crippen LogP contribution in [0.5, 0.6) is 5.75 Å². The molecule has 0 unspecified atom stereocenters. The zero-order valence-electron chi connectivity index (χ0n) is 21.1. The molecule has 0 radical (unpaired) electrons. The van der Waals surface area contributed by atoms with E-state index in [4.69, 9.17) is 0 Å². The number of hydrogen-bond donors (Lipinski definition) is 0. The van der Waals surface area contributed by atoms with Crippen molar-refractivity contribution in [1.29, 1.82) is 0 Å². The average molecular weight is 521 g/mol. The third-order valence-electron chi connectivity index (χ3n) is 7.85. The predicted molar refractivity (Wildman–Crippen MR) is 146 cm³/mol. The van der Waals surface area contributed by atoms with Gasteiger partial charge in [-0.3, -0.25) is 0 Å². The quantitative estimate of drug-likeness (QED) is 0.219. The fourth-order valence-corrected chi connectivity index (χ4v) is 6.32. The highest BCUT2D eigenvalue weighted by molar-refractivity contribution is 5.85. The van der Waals surface area contributed by atoms with Crippen molar-refractivity contribution in [2.75, 3.05) is 0 Å². The number of ether oxygens (including phenoxy) is 1. The lowest BCUT2D eigenvalue weighted by atomic mass is 9.77. The van der Waals surface area contributed by atoms with E-state index in [2.05, 4.69) is 82.1 Å². The number of rotatable bonds is 3. The fourth-order valence-electron chi connectivity index (χ4n) is 6.32. The van der Waals surface area contributed by atoms with Crippen molar-refractivity contribution in [2.24, 2.45) is 0 Å². The molecule has 0 amide bonds. The van der Waals surface area contributed by atoms with E-state index in [0.717, 1.165) is 53.9 Å². The van der Waals surface area contributed by atoms with Gasteiger partial charge in [0, 0.05) is 28.8 Å². The summed E-state index contributed by atoms with van der Waals surface area (Å²) in [6, 6.07) is 33.8. The normalized spacial score (nSPS) is 13.6. The van der Waals surface area contributed by atoms with E-state index in [1.807, 2.05) is 6.07 Å². The van der Waals surface area contributed by atoms with Crippen LogP contribution in [0.2, 0.25) is 0 Å². The van der Waals surface area contributed by atoms with Gasteiger partial charge in [0.1, 0.15) is 5.75 Å². The summed E-state index contributed by atoms with van der Waals surface area (Å²) in [6.07, 6.45) is -1.07. The minimum absolute atomic E-state index is 0.226. The van der Waals surface area contributed by atoms with Gasteiger partial charge in [0.25, 0.3) is 0 Å². The fraction of sp³-hybridized carbons (Fsp3) is 0.147. The van der Waals surface area contributed by atoms with Crippen molar-refractivity contribution >= 4 is 0 Å². The van der Waals surface area contributed by atoms with E-state index in [9.17, 15) is 13.2 Å². The Labute approximate surface area is 225 Å². The number of fused-ring (bicyclic) bond motifs is 6. The first-order valence-corrected chi connectivity index (χ1v) is 13.2. The van der Waals surface area contributed by atoms with Crippen molar-refractivity contribution < 1.29 is 22.5 Å². The number of nitrogens with zero attached hydrogens (tertiary/aromatic N) is 1. The molecule has 0 saturated heterocycles. The molecule has 0 aliphatic heterocycles. The van der Waals surface area contributed by atoms with E-state index in [0.29, 0.717) is 0 Å². The molecule has 5 aromatic rings. The molecule has 39 heavy (non-hydrogen) atoms. The van der Waals surface area contributed by atoms with Crippen molar-refractivity contribution in [2.45, 2.75) is 32.0 Å². The van der Waals surface area contributed by atoms with Gasteiger partial charge in [-0.1, -0.05) is 66.7 Å². The summed E-state index contributed by atoms with van der Waals surface area (Å²) in [6.45, 7) is 0. The zero-order chi connectivity index (χ0) is 26.6. The van der Waals surface area contributed by atoms with Gasteiger partial charge >= 0.3 is 6.36 Å². The van der Waals surface area contributed by atoms with Gasteiger partial charge in [-0.2, -0.15) is 4.57 Å². The molecule has 0 saturated carbocycles. The smallest absolute Gasteiger partial charge is 0.406 e. The highest BCUT2D eigenvalue weighted by Gasteiger charge is 2.39. The largest absolute Gasteiger partial charge is 0.573 e. The molecule has 4 aromatic carbocycles. The van der Waals surface area contributed by atoms with Crippen molar-refractivity contribution in [3.63, 3.8) is 0 Å². The third kappa shape index (κ3) is 4.09. The lowest BCUT2D eigenvalue weighted by Gasteiger charge is -2.28. The molecule has 7 rings (SSSR count). The molecule has 2 aliphatic rings. The molecule has 5 heteroatoms. The minimum Gasteiger partial charge on any atom is -0.406 e. The Hall–Kier alpha value is -4.38. The van der Waals surface area contributed by atoms with E-state index in [1.165, 1.54) is 45.5 Å². The van der Waals surface area contributed by atoms with Crippen LogP contribution in [0.1, 0.15) is 22.3 Å². The maximum Gasteiger partial charge on any atom is 0.573 e. The van der Waals surface area contributed by atoms with Crippen LogP contribution in [0.4, 0.5) is 13.2 Å². The number of hydrogen-bond acceptors (Lipinski definition) is 1. The first-order valence-electron chi connectivity index (χ1n) is 13.2. The Bertz CT molecular complexity index is 1630. The molecule has 2 nitrogen and oxygen atoms in total. The highest BCUT2D eigenvalue weighted by atomic mass is 19.4. The lowest BCUT2D eigenvalue weighted by Crippen LogP contribution is -2.41. The number of halogens is 3. The van der Waals surface area contributed by atoms with Crippen LogP contribution in [0.3, 0.4) is 0 Å². The molecule has 2 aliphatic carbocycles. The first kappa shape index (κ1) is 23.7. The number of benzene rings is 4. The number of alkyl halides is 3. The molecule has 192 valence electrons. The molecular weight excluding hydrogens is 495 g/mol. The van der Waals surface area contributed by atoms with Crippen LogP contribution in [0, 0.1) is 0 Å². The molecule has 1 aromatic heterocycles. The molecule has 1 heterocycles. The Morgan fingerprint density at radius 3 is 1.62 bits per heavy atom. The second kappa shape index (κ2) is 9.12. The molecule has 0 N–H and O–H groups in total. The molecule has 0 spiro atoms. The summed E-state index contributed by atoms with van der Waals surface area (Å²) >= 11 is 0. The standard InChI is InChI=1S/C34H25F3NO/c35-34(36,37)39-26-18-16-25(17-19-26)38-32-27-12-6-4-8-22(27)14-20-29(32)31(24-10-2-1-3-11-24)30-21-15-23-9-5-7-13-28(23)33(30)38/h1-13,16-19H,14-15,20-21H2/q+1. The van der Waals surface area contributed by atoms with Crippen LogP contribution in [0.15, 0.2) is 103 Å². The van der Waals surface area contributed by atoms with Crippen LogP contribution < -0.4 is 9.30 Å². The second-order valence-corrected chi connectivity index (χ2v) is 10.1. The molecule has 0 fully saturated rings. The Morgan fingerprint density at radius 1 is 0.564 bits per heavy atom. The van der Waals surface area contributed by atoms with E-state index in [1.54, 1.807) is 12.1 Å². The predicted octanol–water partition coefficient (Wildman–Crippen LogP) is 8.06. The van der Waals surface area contributed by atoms with Crippen LogP contribution >= 0.6 is 0 Å². The monoisotopic (exact) mass is 520 g/mol. The molecule has 0 atom stereocenters. The second-order valence-electron chi connectivity index (χ2n) is 10.1. The number of aromatic nitrogens is 1. The Kier molecular flexibility index (Phi) is 5.55. The maximum atomic E-state index is 12.9. The van der Waals surface area contributed by atoms with Gasteiger partial charge in [0.15, 0.2) is 0 Å². The summed E-state index contributed by atoms with van der Waals surface area (Å²) in [5.74, 6) is -0.226. The van der Waals surface area contributed by atoms with Gasteiger partial charge in [-0.05, 0) is 66.6 Å². The topological polar surface area (TPSA) is 13.1 Å². The van der Waals surface area contributed by atoms with Gasteiger partial charge in [0.2, 0.25) is 17.1 Å². The van der Waals surface area contributed by atoms with E-state index in [-0.39, 0.29) is 5.75 Å². The van der Waals surface area contributed by atoms with Gasteiger partial charge in [-0.15, -0.1) is 13.2 Å². The maximum absolute atomic E-state index is 12.9. The van der Waals surface area contributed by atoms with Crippen LogP contribution in [-0.2, 0) is 25.7 Å². The van der Waals surface area contributed by atoms with Crippen molar-refractivity contribution in [1.82, 2.24) is 0 Å². The first-order chi connectivity index (χ1) is 19.0. The zero-order valence-corrected chi connectivity index (χ0v) is 21.1. The Morgan fingerprint density at radius 2 is 1.08 bits per heavy atom. The van der Waals surface area contributed by atoms with Crippen molar-refractivity contribution in [3.05, 3.63) is 125 Å². The summed E-state index contributed by atoms with van der Waals surface area (Å²) in [7, 11) is 0. The number of pyridine rings is 1. The number of aryl methyl sites for hydroxylation is 2. The average Bonchev–Trinajstić information content (AvgIpc) is 2.96. The van der Waals surface area contributed by atoms with E-state index >= 15 is 0 Å². The Balaban J connectivity index is 1.59. The molecule has 0 bridgehead atoms. The highest BCUT2D eigenvalue weighted by Crippen LogP contribution is 2.45. The van der Waals surface area contributed by atoms with Crippen LogP contribution in [-0.4, -0.2) is 6.36 Å². The summed E-state index contributed by atoms with van der Waals surface area (Å²) in [5.41, 5.74) is 13.0. The summed E-state index contributed by atoms with van der Waals surface area (Å²) in [4.78, 5) is 0. The van der Waals surface area contributed by atoms with Crippen LogP contribution in [0.25, 0.3) is 39.3 Å². The minimum atomic E-state index is -4.73. The summed E-state index contributed by atoms with van der Waals surface area (Å²) < 4.78 is 45.3. The SMILES string of the molecule is FC(F)(F)Oc1ccc(-[n+]2c3c(c(-c4ccccc4)c4c2-c2ccccc2CC4)CCc2ccccc2-3)cc1. The molecular formula is C34H25F3NO+. The van der Waals surface area contributed by atoms with Gasteiger partial charge < -0.3 is 4.74 Å². The van der Waals surface area contributed by atoms with Gasteiger partial charge in [-0.25, -0.2) is 0 Å². The van der Waals surface area contributed by atoms with E-state index < -0.39 is 6.36 Å².